The maximum Gasteiger partial charge on any atom is 0.255 e. The van der Waals surface area contributed by atoms with Gasteiger partial charge in [0, 0.05) is 18.5 Å². The lowest BCUT2D eigenvalue weighted by Gasteiger charge is -2.14. The van der Waals surface area contributed by atoms with Crippen LogP contribution in [0, 0.1) is 0 Å². The molecule has 0 aromatic carbocycles. The summed E-state index contributed by atoms with van der Waals surface area (Å²) in [5.74, 6) is 0. The topological polar surface area (TPSA) is 28.2 Å². The molecule has 15 heavy (non-hydrogen) atoms. The zero-order chi connectivity index (χ0) is 11.4. The van der Waals surface area contributed by atoms with Crippen LogP contribution in [-0.4, -0.2) is 32.0 Å². The number of hydrogen-bond acceptors (Lipinski definition) is 4. The molecule has 1 aromatic heterocycles. The van der Waals surface area contributed by atoms with Crippen LogP contribution in [0.4, 0.5) is 13.9 Å². The Bertz CT molecular complexity index is 303. The van der Waals surface area contributed by atoms with E-state index in [0.29, 0.717) is 5.13 Å². The van der Waals surface area contributed by atoms with E-state index in [1.807, 2.05) is 19.4 Å². The Morgan fingerprint density at radius 1 is 1.60 bits per heavy atom. The Hall–Kier alpha value is -0.750. The number of anilines is 1. The summed E-state index contributed by atoms with van der Waals surface area (Å²) >= 11 is 1.38. The van der Waals surface area contributed by atoms with Crippen molar-refractivity contribution in [2.45, 2.75) is 19.4 Å². The number of halogens is 2. The standard InChI is InChI=1S/C9H15F2N3S/c1-6(12-2)7-5-15-9(13-7)14(3)4-8(10)11/h5-6,8,12H,4H2,1-3H3. The lowest BCUT2D eigenvalue weighted by atomic mass is 10.3. The molecule has 1 N–H and O–H groups in total. The molecule has 0 bridgehead atoms. The summed E-state index contributed by atoms with van der Waals surface area (Å²) in [6, 6.07) is 0.148. The molecule has 1 unspecified atom stereocenters. The molecule has 0 saturated carbocycles. The number of hydrogen-bond donors (Lipinski definition) is 1. The second-order valence-electron chi connectivity index (χ2n) is 3.34. The van der Waals surface area contributed by atoms with Gasteiger partial charge in [0.25, 0.3) is 6.43 Å². The molecule has 0 aliphatic carbocycles. The first-order chi connectivity index (χ1) is 7.04. The molecule has 1 heterocycles. The summed E-state index contributed by atoms with van der Waals surface area (Å²) in [5, 5.41) is 5.57. The van der Waals surface area contributed by atoms with Crippen LogP contribution in [0.25, 0.3) is 0 Å². The monoisotopic (exact) mass is 235 g/mol. The number of thiazole rings is 1. The van der Waals surface area contributed by atoms with Gasteiger partial charge in [0.15, 0.2) is 5.13 Å². The van der Waals surface area contributed by atoms with E-state index < -0.39 is 6.43 Å². The normalized spacial score (nSPS) is 13.2. The van der Waals surface area contributed by atoms with Crippen molar-refractivity contribution in [2.75, 3.05) is 25.5 Å². The van der Waals surface area contributed by atoms with Gasteiger partial charge in [0.05, 0.1) is 12.2 Å². The molecule has 1 rings (SSSR count). The zero-order valence-electron chi connectivity index (χ0n) is 9.00. The molecule has 0 spiro atoms. The third-order valence-electron chi connectivity index (χ3n) is 2.12. The smallest absolute Gasteiger partial charge is 0.255 e. The molecule has 1 aromatic rings. The first-order valence-electron chi connectivity index (χ1n) is 4.66. The summed E-state index contributed by atoms with van der Waals surface area (Å²) in [4.78, 5) is 5.76. The predicted molar refractivity (Wildman–Crippen MR) is 58.9 cm³/mol. The van der Waals surface area contributed by atoms with E-state index in [1.165, 1.54) is 16.2 Å². The quantitative estimate of drug-likeness (QED) is 0.847. The highest BCUT2D eigenvalue weighted by atomic mass is 32.1. The van der Waals surface area contributed by atoms with Gasteiger partial charge in [-0.15, -0.1) is 11.3 Å². The van der Waals surface area contributed by atoms with Crippen LogP contribution >= 0.6 is 11.3 Å². The van der Waals surface area contributed by atoms with Gasteiger partial charge in [-0.3, -0.25) is 0 Å². The van der Waals surface area contributed by atoms with Crippen molar-refractivity contribution in [2.24, 2.45) is 0 Å². The van der Waals surface area contributed by atoms with Crippen molar-refractivity contribution in [3.8, 4) is 0 Å². The van der Waals surface area contributed by atoms with Crippen molar-refractivity contribution in [3.05, 3.63) is 11.1 Å². The molecule has 0 radical (unpaired) electrons. The Morgan fingerprint density at radius 3 is 2.80 bits per heavy atom. The van der Waals surface area contributed by atoms with E-state index >= 15 is 0 Å². The minimum atomic E-state index is -2.33. The minimum absolute atomic E-state index is 0.148. The van der Waals surface area contributed by atoms with Gasteiger partial charge < -0.3 is 10.2 Å². The van der Waals surface area contributed by atoms with Gasteiger partial charge in [-0.25, -0.2) is 13.8 Å². The highest BCUT2D eigenvalue weighted by molar-refractivity contribution is 7.13. The summed E-state index contributed by atoms with van der Waals surface area (Å²) < 4.78 is 24.3. The Labute approximate surface area is 92.1 Å². The number of rotatable bonds is 5. The fourth-order valence-electron chi connectivity index (χ4n) is 1.08. The van der Waals surface area contributed by atoms with E-state index in [0.717, 1.165) is 5.69 Å². The zero-order valence-corrected chi connectivity index (χ0v) is 9.81. The maximum absolute atomic E-state index is 12.1. The van der Waals surface area contributed by atoms with Crippen LogP contribution in [0.15, 0.2) is 5.38 Å². The predicted octanol–water partition coefficient (Wildman–Crippen LogP) is 2.12. The van der Waals surface area contributed by atoms with Crippen molar-refractivity contribution in [1.82, 2.24) is 10.3 Å². The number of alkyl halides is 2. The van der Waals surface area contributed by atoms with Crippen LogP contribution in [0.2, 0.25) is 0 Å². The molecule has 0 fully saturated rings. The van der Waals surface area contributed by atoms with Crippen LogP contribution in [0.5, 0.6) is 0 Å². The largest absolute Gasteiger partial charge is 0.345 e. The van der Waals surface area contributed by atoms with Crippen LogP contribution < -0.4 is 10.2 Å². The van der Waals surface area contributed by atoms with Crippen molar-refractivity contribution >= 4 is 16.5 Å². The second-order valence-corrected chi connectivity index (χ2v) is 4.17. The van der Waals surface area contributed by atoms with Crippen molar-refractivity contribution < 1.29 is 8.78 Å². The van der Waals surface area contributed by atoms with Gasteiger partial charge in [-0.05, 0) is 14.0 Å². The highest BCUT2D eigenvalue weighted by Crippen LogP contribution is 2.23. The molecular formula is C9H15F2N3S. The number of nitrogens with one attached hydrogen (secondary N) is 1. The molecule has 86 valence electrons. The molecule has 3 nitrogen and oxygen atoms in total. The minimum Gasteiger partial charge on any atom is -0.345 e. The summed E-state index contributed by atoms with van der Waals surface area (Å²) in [5.41, 5.74) is 0.888. The van der Waals surface area contributed by atoms with E-state index in [4.69, 9.17) is 0 Å². The Balaban J connectivity index is 2.66. The summed E-state index contributed by atoms with van der Waals surface area (Å²) in [6.45, 7) is 1.70. The van der Waals surface area contributed by atoms with E-state index in [9.17, 15) is 8.78 Å². The Kier molecular flexibility index (Phi) is 4.41. The molecular weight excluding hydrogens is 220 g/mol. The number of nitrogens with zero attached hydrogens (tertiary/aromatic N) is 2. The van der Waals surface area contributed by atoms with E-state index in [-0.39, 0.29) is 12.6 Å². The maximum atomic E-state index is 12.1. The van der Waals surface area contributed by atoms with Gasteiger partial charge in [0.2, 0.25) is 0 Å². The van der Waals surface area contributed by atoms with Gasteiger partial charge in [-0.2, -0.15) is 0 Å². The SMILES string of the molecule is CNC(C)c1csc(N(C)CC(F)F)n1. The van der Waals surface area contributed by atoms with Gasteiger partial charge >= 0.3 is 0 Å². The van der Waals surface area contributed by atoms with Crippen LogP contribution in [-0.2, 0) is 0 Å². The molecule has 1 atom stereocenters. The van der Waals surface area contributed by atoms with Gasteiger partial charge in [0.1, 0.15) is 0 Å². The third-order valence-corrected chi connectivity index (χ3v) is 3.10. The fraction of sp³-hybridized carbons (Fsp3) is 0.667. The second kappa shape index (κ2) is 5.37. The molecule has 0 aliphatic heterocycles. The highest BCUT2D eigenvalue weighted by Gasteiger charge is 2.13. The average molecular weight is 235 g/mol. The average Bonchev–Trinajstić information content (AvgIpc) is 2.64. The Morgan fingerprint density at radius 2 is 2.27 bits per heavy atom. The van der Waals surface area contributed by atoms with Crippen molar-refractivity contribution in [3.63, 3.8) is 0 Å². The lowest BCUT2D eigenvalue weighted by molar-refractivity contribution is 0.156. The summed E-state index contributed by atoms with van der Waals surface area (Å²) in [6.07, 6.45) is -2.33. The van der Waals surface area contributed by atoms with E-state index in [1.54, 1.807) is 7.05 Å². The van der Waals surface area contributed by atoms with Crippen LogP contribution in [0.3, 0.4) is 0 Å². The first kappa shape index (κ1) is 12.3. The summed E-state index contributed by atoms with van der Waals surface area (Å²) in [7, 11) is 3.46. The molecule has 0 amide bonds. The number of aromatic nitrogens is 1. The lowest BCUT2D eigenvalue weighted by Crippen LogP contribution is -2.24. The van der Waals surface area contributed by atoms with Crippen LogP contribution in [0.1, 0.15) is 18.7 Å². The molecule has 6 heteroatoms. The first-order valence-corrected chi connectivity index (χ1v) is 5.54. The molecule has 0 saturated heterocycles. The third kappa shape index (κ3) is 3.39. The van der Waals surface area contributed by atoms with E-state index in [2.05, 4.69) is 10.3 Å². The van der Waals surface area contributed by atoms with Crippen molar-refractivity contribution in [1.29, 1.82) is 0 Å². The molecule has 0 aliphatic rings. The van der Waals surface area contributed by atoms with Gasteiger partial charge in [-0.1, -0.05) is 0 Å². The fourth-order valence-corrected chi connectivity index (χ4v) is 1.98.